The monoisotopic (exact) mass is 529 g/mol. The second kappa shape index (κ2) is 11.2. The van der Waals surface area contributed by atoms with Gasteiger partial charge in [0.25, 0.3) is 11.7 Å². The van der Waals surface area contributed by atoms with Crippen molar-refractivity contribution in [3.05, 3.63) is 88.5 Å². The Morgan fingerprint density at radius 2 is 1.49 bits per heavy atom. The molecule has 1 fully saturated rings. The minimum Gasteiger partial charge on any atom is -0.507 e. The highest BCUT2D eigenvalue weighted by Gasteiger charge is 2.47. The van der Waals surface area contributed by atoms with Gasteiger partial charge in [0.1, 0.15) is 23.0 Å². The molecule has 1 aliphatic heterocycles. The fraction of sp³-hybridized carbons (Fsp3) is 0.312. The first-order chi connectivity index (χ1) is 18.6. The summed E-state index contributed by atoms with van der Waals surface area (Å²) in [6.45, 7) is 9.76. The van der Waals surface area contributed by atoms with Gasteiger partial charge in [-0.3, -0.25) is 14.5 Å². The topological polar surface area (TPSA) is 85.3 Å². The van der Waals surface area contributed by atoms with E-state index in [1.54, 1.807) is 62.8 Å². The van der Waals surface area contributed by atoms with E-state index in [1.807, 2.05) is 46.8 Å². The molecule has 0 spiro atoms. The normalized spacial score (nSPS) is 16.7. The Labute approximate surface area is 229 Å². The van der Waals surface area contributed by atoms with Crippen LogP contribution >= 0.6 is 0 Å². The Hall–Kier alpha value is -4.26. The molecule has 0 bridgehead atoms. The van der Waals surface area contributed by atoms with Crippen LogP contribution < -0.4 is 19.1 Å². The number of Topliss-reactive ketones (excluding diaryl/α,β-unsaturated/α-hetero) is 1. The number of methoxy groups -OCH3 is 2. The van der Waals surface area contributed by atoms with Crippen LogP contribution in [0.15, 0.2) is 66.2 Å². The van der Waals surface area contributed by atoms with Crippen LogP contribution in [0.1, 0.15) is 61.9 Å². The summed E-state index contributed by atoms with van der Waals surface area (Å²) in [5.41, 5.74) is 3.30. The number of amides is 1. The predicted molar refractivity (Wildman–Crippen MR) is 152 cm³/mol. The summed E-state index contributed by atoms with van der Waals surface area (Å²) in [5, 5.41) is 11.7. The lowest BCUT2D eigenvalue weighted by Gasteiger charge is -2.26. The van der Waals surface area contributed by atoms with Crippen LogP contribution in [-0.2, 0) is 9.59 Å². The van der Waals surface area contributed by atoms with Crippen molar-refractivity contribution < 1.29 is 28.9 Å². The molecule has 1 atom stereocenters. The zero-order chi connectivity index (χ0) is 28.4. The van der Waals surface area contributed by atoms with E-state index in [0.717, 1.165) is 11.1 Å². The number of rotatable bonds is 8. The molecule has 1 aliphatic rings. The van der Waals surface area contributed by atoms with E-state index in [4.69, 9.17) is 14.2 Å². The lowest BCUT2D eigenvalue weighted by Crippen LogP contribution is -2.29. The fourth-order valence-electron chi connectivity index (χ4n) is 4.88. The molecular weight excluding hydrogens is 494 g/mol. The Bertz CT molecular complexity index is 1400. The van der Waals surface area contributed by atoms with Crippen molar-refractivity contribution in [1.29, 1.82) is 0 Å². The number of anilines is 1. The molecule has 0 aromatic heterocycles. The van der Waals surface area contributed by atoms with E-state index in [9.17, 15) is 14.7 Å². The van der Waals surface area contributed by atoms with E-state index >= 15 is 0 Å². The lowest BCUT2D eigenvalue weighted by molar-refractivity contribution is -0.132. The quantitative estimate of drug-likeness (QED) is 0.202. The third kappa shape index (κ3) is 5.35. The first-order valence-corrected chi connectivity index (χ1v) is 13.0. The summed E-state index contributed by atoms with van der Waals surface area (Å²) in [5.74, 6) is 0.411. The molecule has 7 heteroatoms. The molecule has 0 saturated carbocycles. The highest BCUT2D eigenvalue weighted by atomic mass is 16.5. The van der Waals surface area contributed by atoms with E-state index in [2.05, 4.69) is 0 Å². The second-order valence-electron chi connectivity index (χ2n) is 10.2. The largest absolute Gasteiger partial charge is 0.507 e. The zero-order valence-corrected chi connectivity index (χ0v) is 23.4. The van der Waals surface area contributed by atoms with E-state index in [0.29, 0.717) is 34.1 Å². The van der Waals surface area contributed by atoms with Gasteiger partial charge in [0.2, 0.25) is 0 Å². The molecule has 204 valence electrons. The molecule has 1 saturated heterocycles. The van der Waals surface area contributed by atoms with Gasteiger partial charge in [-0.15, -0.1) is 0 Å². The molecule has 3 aromatic carbocycles. The molecule has 0 radical (unpaired) electrons. The Kier molecular flexibility index (Phi) is 8.00. The summed E-state index contributed by atoms with van der Waals surface area (Å²) >= 11 is 0. The van der Waals surface area contributed by atoms with Gasteiger partial charge in [-0.2, -0.15) is 0 Å². The molecule has 4 rings (SSSR count). The molecule has 0 aliphatic carbocycles. The number of carbonyl (C=O) groups excluding carboxylic acids is 2. The van der Waals surface area contributed by atoms with Crippen molar-refractivity contribution in [2.75, 3.05) is 19.1 Å². The maximum atomic E-state index is 13.6. The van der Waals surface area contributed by atoms with Crippen molar-refractivity contribution in [1.82, 2.24) is 0 Å². The molecule has 7 nitrogen and oxygen atoms in total. The smallest absolute Gasteiger partial charge is 0.300 e. The van der Waals surface area contributed by atoms with E-state index in [1.165, 1.54) is 4.90 Å². The van der Waals surface area contributed by atoms with Gasteiger partial charge in [-0.1, -0.05) is 26.0 Å². The molecule has 1 unspecified atom stereocenters. The van der Waals surface area contributed by atoms with Crippen molar-refractivity contribution in [3.63, 3.8) is 0 Å². The van der Waals surface area contributed by atoms with Crippen LogP contribution in [0.5, 0.6) is 17.2 Å². The number of ketones is 1. The van der Waals surface area contributed by atoms with Gasteiger partial charge < -0.3 is 19.3 Å². The van der Waals surface area contributed by atoms with Gasteiger partial charge >= 0.3 is 0 Å². The number of carbonyl (C=O) groups is 2. The van der Waals surface area contributed by atoms with Crippen molar-refractivity contribution in [3.8, 4) is 17.2 Å². The standard InChI is InChI=1S/C32H35NO6/c1-18(2)25-17-26(20(5)16-27(25)38-7)30(34)28-29(21-8-12-23(37-6)13-9-21)33(32(36)31(28)35)22-10-14-24(15-11-22)39-19(3)4/h8-19,29,34H,1-7H3/b30-28+. The summed E-state index contributed by atoms with van der Waals surface area (Å²) in [4.78, 5) is 28.6. The first-order valence-electron chi connectivity index (χ1n) is 13.0. The fourth-order valence-corrected chi connectivity index (χ4v) is 4.88. The summed E-state index contributed by atoms with van der Waals surface area (Å²) in [6.07, 6.45) is -0.00663. The molecule has 3 aromatic rings. The summed E-state index contributed by atoms with van der Waals surface area (Å²) in [6, 6.07) is 17.0. The number of benzene rings is 3. The summed E-state index contributed by atoms with van der Waals surface area (Å²) in [7, 11) is 3.17. The average molecular weight is 530 g/mol. The Balaban J connectivity index is 1.92. The van der Waals surface area contributed by atoms with Crippen LogP contribution in [0.4, 0.5) is 5.69 Å². The maximum absolute atomic E-state index is 13.6. The van der Waals surface area contributed by atoms with Crippen molar-refractivity contribution >= 4 is 23.1 Å². The molecule has 1 amide bonds. The second-order valence-corrected chi connectivity index (χ2v) is 10.2. The number of nitrogens with zero attached hydrogens (tertiary/aromatic N) is 1. The number of aliphatic hydroxyl groups excluding tert-OH is 1. The number of hydrogen-bond acceptors (Lipinski definition) is 6. The van der Waals surface area contributed by atoms with Gasteiger partial charge in [0.05, 0.1) is 31.9 Å². The van der Waals surface area contributed by atoms with Gasteiger partial charge in [-0.05, 0) is 91.9 Å². The van der Waals surface area contributed by atoms with Crippen LogP contribution in [0, 0.1) is 6.92 Å². The van der Waals surface area contributed by atoms with Crippen LogP contribution in [0.2, 0.25) is 0 Å². The Morgan fingerprint density at radius 3 is 2.03 bits per heavy atom. The number of ether oxygens (including phenoxy) is 3. The van der Waals surface area contributed by atoms with Crippen LogP contribution in [0.25, 0.3) is 5.76 Å². The average Bonchev–Trinajstić information content (AvgIpc) is 3.18. The van der Waals surface area contributed by atoms with Gasteiger partial charge in [0, 0.05) is 11.3 Å². The number of aliphatic hydroxyl groups is 1. The highest BCUT2D eigenvalue weighted by molar-refractivity contribution is 6.51. The third-order valence-corrected chi connectivity index (χ3v) is 6.82. The van der Waals surface area contributed by atoms with Crippen molar-refractivity contribution in [2.45, 2.75) is 52.7 Å². The van der Waals surface area contributed by atoms with Crippen LogP contribution in [-0.4, -0.2) is 37.1 Å². The SMILES string of the molecule is COc1ccc(C2/C(=C(\O)c3cc(C(C)C)c(OC)cc3C)C(=O)C(=O)N2c2ccc(OC(C)C)cc2)cc1. The van der Waals surface area contributed by atoms with Gasteiger partial charge in [-0.25, -0.2) is 0 Å². The zero-order valence-electron chi connectivity index (χ0n) is 23.4. The minimum absolute atomic E-state index is 0.00663. The van der Waals surface area contributed by atoms with Crippen LogP contribution in [0.3, 0.4) is 0 Å². The maximum Gasteiger partial charge on any atom is 0.300 e. The minimum atomic E-state index is -0.850. The van der Waals surface area contributed by atoms with Gasteiger partial charge in [0.15, 0.2) is 0 Å². The third-order valence-electron chi connectivity index (χ3n) is 6.82. The Morgan fingerprint density at radius 1 is 0.872 bits per heavy atom. The molecule has 1 heterocycles. The highest BCUT2D eigenvalue weighted by Crippen LogP contribution is 2.44. The summed E-state index contributed by atoms with van der Waals surface area (Å²) < 4.78 is 16.6. The molecule has 39 heavy (non-hydrogen) atoms. The predicted octanol–water partition coefficient (Wildman–Crippen LogP) is 6.55. The van der Waals surface area contributed by atoms with Crippen molar-refractivity contribution in [2.24, 2.45) is 0 Å². The van der Waals surface area contributed by atoms with E-state index in [-0.39, 0.29) is 23.4 Å². The molecule has 1 N–H and O–H groups in total. The number of aryl methyl sites for hydroxylation is 1. The molecular formula is C32H35NO6. The first kappa shape index (κ1) is 27.8. The number of hydrogen-bond donors (Lipinski definition) is 1. The van der Waals surface area contributed by atoms with E-state index < -0.39 is 17.7 Å². The lowest BCUT2D eigenvalue weighted by atomic mass is 9.91.